The highest BCUT2D eigenvalue weighted by Crippen LogP contribution is 2.20. The van der Waals surface area contributed by atoms with Crippen LogP contribution in [0.2, 0.25) is 0 Å². The number of nitrogen functional groups attached to an aromatic ring is 1. The lowest BCUT2D eigenvalue weighted by Gasteiger charge is -2.06. The smallest absolute Gasteiger partial charge is 0.329 e. The number of anilines is 2. The third-order valence-electron chi connectivity index (χ3n) is 2.38. The molecule has 3 N–H and O–H groups in total. The van der Waals surface area contributed by atoms with Crippen molar-refractivity contribution in [3.8, 4) is 0 Å². The molecule has 1 aromatic heterocycles. The molecule has 0 saturated heterocycles. The van der Waals surface area contributed by atoms with Crippen LogP contribution in [0.3, 0.4) is 0 Å². The molecule has 8 heteroatoms. The lowest BCUT2D eigenvalue weighted by molar-refractivity contribution is -0.384. The van der Waals surface area contributed by atoms with Crippen LogP contribution in [-0.2, 0) is 4.74 Å². The first kappa shape index (κ1) is 15.1. The van der Waals surface area contributed by atoms with Gasteiger partial charge >= 0.3 is 5.69 Å². The van der Waals surface area contributed by atoms with Crippen LogP contribution in [0.4, 0.5) is 17.5 Å². The Bertz CT molecular complexity index is 413. The molecule has 0 radical (unpaired) electrons. The molecular formula is C11H19N5O3. The first-order valence-electron chi connectivity index (χ1n) is 6.23. The number of nitro groups is 1. The van der Waals surface area contributed by atoms with Gasteiger partial charge in [-0.05, 0) is 12.8 Å². The quantitative estimate of drug-likeness (QED) is 0.397. The molecule has 0 amide bonds. The van der Waals surface area contributed by atoms with E-state index in [0.717, 1.165) is 32.1 Å². The van der Waals surface area contributed by atoms with Crippen molar-refractivity contribution >= 4 is 17.5 Å². The average molecular weight is 269 g/mol. The number of hydrogen-bond donors (Lipinski definition) is 2. The molecule has 8 nitrogen and oxygen atoms in total. The Hall–Kier alpha value is -1.96. The van der Waals surface area contributed by atoms with E-state index in [4.69, 9.17) is 10.5 Å². The number of nitrogens with two attached hydrogens (primary N) is 1. The van der Waals surface area contributed by atoms with Crippen molar-refractivity contribution in [3.05, 3.63) is 16.3 Å². The van der Waals surface area contributed by atoms with Gasteiger partial charge in [-0.1, -0.05) is 13.3 Å². The second-order valence-electron chi connectivity index (χ2n) is 3.97. The number of aromatic nitrogens is 2. The van der Waals surface area contributed by atoms with Gasteiger partial charge in [0.2, 0.25) is 11.8 Å². The number of hydrogen-bond acceptors (Lipinski definition) is 7. The van der Waals surface area contributed by atoms with E-state index in [9.17, 15) is 10.1 Å². The summed E-state index contributed by atoms with van der Waals surface area (Å²) in [5, 5.41) is 13.6. The summed E-state index contributed by atoms with van der Waals surface area (Å²) in [5.74, 6) is 0.151. The van der Waals surface area contributed by atoms with Crippen molar-refractivity contribution in [2.45, 2.75) is 26.2 Å². The van der Waals surface area contributed by atoms with E-state index in [1.807, 2.05) is 0 Å². The van der Waals surface area contributed by atoms with Crippen molar-refractivity contribution < 1.29 is 9.66 Å². The van der Waals surface area contributed by atoms with E-state index in [0.29, 0.717) is 13.2 Å². The van der Waals surface area contributed by atoms with E-state index >= 15 is 0 Å². The fourth-order valence-electron chi connectivity index (χ4n) is 1.38. The second kappa shape index (κ2) is 8.20. The highest BCUT2D eigenvalue weighted by Gasteiger charge is 2.15. The third-order valence-corrected chi connectivity index (χ3v) is 2.38. The Kier molecular flexibility index (Phi) is 6.51. The number of unbranched alkanes of at least 4 members (excludes halogenated alkanes) is 1. The summed E-state index contributed by atoms with van der Waals surface area (Å²) >= 11 is 0. The summed E-state index contributed by atoms with van der Waals surface area (Å²) in [4.78, 5) is 17.6. The van der Waals surface area contributed by atoms with Gasteiger partial charge in [-0.25, -0.2) is 4.98 Å². The van der Waals surface area contributed by atoms with Crippen LogP contribution in [-0.4, -0.2) is 34.6 Å². The van der Waals surface area contributed by atoms with Crippen molar-refractivity contribution in [3.63, 3.8) is 0 Å². The van der Waals surface area contributed by atoms with Gasteiger partial charge in [-0.2, -0.15) is 4.98 Å². The van der Waals surface area contributed by atoms with Crippen molar-refractivity contribution in [1.29, 1.82) is 0 Å². The zero-order valence-electron chi connectivity index (χ0n) is 11.0. The van der Waals surface area contributed by atoms with Crippen LogP contribution in [0, 0.1) is 10.1 Å². The Morgan fingerprint density at radius 2 is 2.21 bits per heavy atom. The molecule has 106 valence electrons. The fourth-order valence-corrected chi connectivity index (χ4v) is 1.38. The molecular weight excluding hydrogens is 250 g/mol. The molecule has 1 aromatic rings. The maximum Gasteiger partial charge on any atom is 0.329 e. The minimum absolute atomic E-state index is 0.00676. The van der Waals surface area contributed by atoms with Crippen molar-refractivity contribution in [2.24, 2.45) is 0 Å². The highest BCUT2D eigenvalue weighted by atomic mass is 16.6. The Balaban J connectivity index is 2.36. The molecule has 0 atom stereocenters. The SMILES string of the molecule is CCCCOCCCNc1nc(N)ncc1[N+](=O)[O-]. The van der Waals surface area contributed by atoms with Gasteiger partial charge in [0.05, 0.1) is 4.92 Å². The van der Waals surface area contributed by atoms with Crippen LogP contribution in [0.15, 0.2) is 6.20 Å². The average Bonchev–Trinajstić information content (AvgIpc) is 2.37. The monoisotopic (exact) mass is 269 g/mol. The van der Waals surface area contributed by atoms with E-state index in [1.54, 1.807) is 0 Å². The number of nitrogens with one attached hydrogen (secondary N) is 1. The molecule has 1 rings (SSSR count). The van der Waals surface area contributed by atoms with Gasteiger partial charge in [0.25, 0.3) is 0 Å². The number of ether oxygens (including phenoxy) is 1. The minimum Gasteiger partial charge on any atom is -0.381 e. The molecule has 0 aliphatic heterocycles. The largest absolute Gasteiger partial charge is 0.381 e. The van der Waals surface area contributed by atoms with Gasteiger partial charge in [-0.15, -0.1) is 0 Å². The second-order valence-corrected chi connectivity index (χ2v) is 3.97. The molecule has 0 unspecified atom stereocenters. The molecule has 1 heterocycles. The predicted molar refractivity (Wildman–Crippen MR) is 71.9 cm³/mol. The Morgan fingerprint density at radius 3 is 2.89 bits per heavy atom. The van der Waals surface area contributed by atoms with Crippen LogP contribution in [0.25, 0.3) is 0 Å². The molecule has 0 aromatic carbocycles. The normalized spacial score (nSPS) is 10.4. The van der Waals surface area contributed by atoms with Gasteiger partial charge in [-0.3, -0.25) is 10.1 Å². The van der Waals surface area contributed by atoms with Crippen LogP contribution >= 0.6 is 0 Å². The van der Waals surface area contributed by atoms with Gasteiger partial charge in [0.15, 0.2) is 0 Å². The number of rotatable bonds is 9. The van der Waals surface area contributed by atoms with E-state index < -0.39 is 4.92 Å². The molecule has 0 aliphatic carbocycles. The molecule has 0 spiro atoms. The topological polar surface area (TPSA) is 116 Å². The summed E-state index contributed by atoms with van der Waals surface area (Å²) in [6.07, 6.45) is 3.99. The van der Waals surface area contributed by atoms with Crippen LogP contribution in [0.5, 0.6) is 0 Å². The summed E-state index contributed by atoms with van der Waals surface area (Å²) in [5.41, 5.74) is 5.22. The lowest BCUT2D eigenvalue weighted by Crippen LogP contribution is -2.10. The minimum atomic E-state index is -0.542. The molecule has 0 bridgehead atoms. The molecule has 19 heavy (non-hydrogen) atoms. The summed E-state index contributed by atoms with van der Waals surface area (Å²) in [7, 11) is 0. The lowest BCUT2D eigenvalue weighted by atomic mass is 10.3. The van der Waals surface area contributed by atoms with Crippen LogP contribution in [0.1, 0.15) is 26.2 Å². The number of nitrogens with zero attached hydrogens (tertiary/aromatic N) is 3. The van der Waals surface area contributed by atoms with Gasteiger partial charge in [0.1, 0.15) is 6.20 Å². The maximum absolute atomic E-state index is 10.8. The zero-order chi connectivity index (χ0) is 14.1. The van der Waals surface area contributed by atoms with E-state index in [-0.39, 0.29) is 17.5 Å². The summed E-state index contributed by atoms with van der Waals surface area (Å²) in [6.45, 7) is 3.99. The highest BCUT2D eigenvalue weighted by molar-refractivity contribution is 5.56. The third kappa shape index (κ3) is 5.47. The summed E-state index contributed by atoms with van der Waals surface area (Å²) in [6, 6.07) is 0. The molecule has 0 fully saturated rings. The standard InChI is InChI=1S/C11H19N5O3/c1-2-3-6-19-7-4-5-13-10-9(16(17)18)8-14-11(12)15-10/h8H,2-7H2,1H3,(H3,12,13,14,15). The fraction of sp³-hybridized carbons (Fsp3) is 0.636. The predicted octanol–water partition coefficient (Wildman–Crippen LogP) is 1.59. The first-order valence-corrected chi connectivity index (χ1v) is 6.23. The summed E-state index contributed by atoms with van der Waals surface area (Å²) < 4.78 is 5.38. The van der Waals surface area contributed by atoms with Crippen molar-refractivity contribution in [2.75, 3.05) is 30.8 Å². The zero-order valence-corrected chi connectivity index (χ0v) is 11.0. The molecule has 0 aliphatic rings. The van der Waals surface area contributed by atoms with E-state index in [2.05, 4.69) is 22.2 Å². The molecule has 0 saturated carbocycles. The van der Waals surface area contributed by atoms with Gasteiger partial charge in [0, 0.05) is 19.8 Å². The van der Waals surface area contributed by atoms with Crippen LogP contribution < -0.4 is 11.1 Å². The first-order chi connectivity index (χ1) is 9.15. The Morgan fingerprint density at radius 1 is 1.47 bits per heavy atom. The maximum atomic E-state index is 10.8. The van der Waals surface area contributed by atoms with E-state index in [1.165, 1.54) is 0 Å². The Labute approximate surface area is 111 Å². The van der Waals surface area contributed by atoms with Crippen molar-refractivity contribution in [1.82, 2.24) is 9.97 Å². The van der Waals surface area contributed by atoms with Gasteiger partial charge < -0.3 is 15.8 Å².